The van der Waals surface area contributed by atoms with E-state index >= 15 is 0 Å². The highest BCUT2D eigenvalue weighted by Crippen LogP contribution is 2.14. The molecule has 7 heteroatoms. The molecule has 26 heavy (non-hydrogen) atoms. The third-order valence-corrected chi connectivity index (χ3v) is 3.65. The fourth-order valence-electron chi connectivity index (χ4n) is 2.43. The Balaban J connectivity index is 2.01. The van der Waals surface area contributed by atoms with E-state index in [2.05, 4.69) is 10.4 Å². The van der Waals surface area contributed by atoms with Gasteiger partial charge in [0.1, 0.15) is 11.5 Å². The summed E-state index contributed by atoms with van der Waals surface area (Å²) in [5.74, 6) is -1.27. The highest BCUT2D eigenvalue weighted by molar-refractivity contribution is 6.02. The number of para-hydroxylation sites is 1. The van der Waals surface area contributed by atoms with Gasteiger partial charge in [0, 0.05) is 17.4 Å². The summed E-state index contributed by atoms with van der Waals surface area (Å²) in [5.41, 5.74) is 0.288. The van der Waals surface area contributed by atoms with Gasteiger partial charge in [-0.2, -0.15) is 10.4 Å². The molecule has 128 valence electrons. The van der Waals surface area contributed by atoms with Gasteiger partial charge in [-0.15, -0.1) is 0 Å². The highest BCUT2D eigenvalue weighted by atomic mass is 19.1. The number of aryl methyl sites for hydroxylation is 1. The second kappa shape index (κ2) is 6.99. The van der Waals surface area contributed by atoms with E-state index in [9.17, 15) is 14.0 Å². The van der Waals surface area contributed by atoms with Crippen molar-refractivity contribution in [3.63, 3.8) is 0 Å². The number of carbonyl (C=O) groups excluding carboxylic acids is 1. The Morgan fingerprint density at radius 1 is 1.19 bits per heavy atom. The van der Waals surface area contributed by atoms with E-state index in [0.29, 0.717) is 16.9 Å². The molecule has 0 aliphatic carbocycles. The number of aromatic nitrogens is 2. The lowest BCUT2D eigenvalue weighted by molar-refractivity contribution is 0.101. The minimum Gasteiger partial charge on any atom is -0.320 e. The zero-order chi connectivity index (χ0) is 18.7. The summed E-state index contributed by atoms with van der Waals surface area (Å²) in [7, 11) is 0. The molecular formula is C19H13FN4O2. The van der Waals surface area contributed by atoms with Crippen molar-refractivity contribution in [2.24, 2.45) is 0 Å². The van der Waals surface area contributed by atoms with Gasteiger partial charge in [-0.3, -0.25) is 9.59 Å². The molecule has 3 aromatic rings. The van der Waals surface area contributed by atoms with Gasteiger partial charge in [0.15, 0.2) is 5.69 Å². The van der Waals surface area contributed by atoms with E-state index in [0.717, 1.165) is 0 Å². The Labute approximate surface area is 148 Å². The zero-order valence-corrected chi connectivity index (χ0v) is 13.7. The first kappa shape index (κ1) is 17.0. The van der Waals surface area contributed by atoms with Crippen molar-refractivity contribution in [2.75, 3.05) is 5.32 Å². The maximum absolute atomic E-state index is 14.0. The van der Waals surface area contributed by atoms with E-state index in [4.69, 9.17) is 5.26 Å². The molecule has 0 aliphatic heterocycles. The van der Waals surface area contributed by atoms with Crippen LogP contribution in [0.2, 0.25) is 0 Å². The number of benzene rings is 2. The van der Waals surface area contributed by atoms with Gasteiger partial charge >= 0.3 is 0 Å². The number of hydrogen-bond donors (Lipinski definition) is 1. The Morgan fingerprint density at radius 3 is 2.69 bits per heavy atom. The van der Waals surface area contributed by atoms with Crippen LogP contribution in [-0.2, 0) is 0 Å². The summed E-state index contributed by atoms with van der Waals surface area (Å²) in [6.45, 7) is 1.60. The number of nitriles is 1. The summed E-state index contributed by atoms with van der Waals surface area (Å²) in [5, 5.41) is 15.5. The molecule has 0 atom stereocenters. The Hall–Kier alpha value is -3.79. The monoisotopic (exact) mass is 348 g/mol. The number of carbonyl (C=O) groups is 1. The van der Waals surface area contributed by atoms with E-state index in [-0.39, 0.29) is 11.4 Å². The van der Waals surface area contributed by atoms with Crippen molar-refractivity contribution in [1.29, 1.82) is 5.26 Å². The van der Waals surface area contributed by atoms with Crippen LogP contribution in [0.4, 0.5) is 10.1 Å². The average molecular weight is 348 g/mol. The lowest BCUT2D eigenvalue weighted by Gasteiger charge is -2.12. The van der Waals surface area contributed by atoms with Gasteiger partial charge in [0.05, 0.1) is 11.6 Å². The van der Waals surface area contributed by atoms with Gasteiger partial charge in [-0.1, -0.05) is 18.2 Å². The normalized spacial score (nSPS) is 10.2. The number of anilines is 1. The largest absolute Gasteiger partial charge is 0.320 e. The predicted molar refractivity (Wildman–Crippen MR) is 93.6 cm³/mol. The number of rotatable bonds is 3. The molecule has 1 amide bonds. The summed E-state index contributed by atoms with van der Waals surface area (Å²) in [6, 6.07) is 15.4. The number of halogens is 1. The first-order chi connectivity index (χ1) is 12.5. The summed E-state index contributed by atoms with van der Waals surface area (Å²) in [6.07, 6.45) is 0. The van der Waals surface area contributed by atoms with Gasteiger partial charge in [0.2, 0.25) is 5.43 Å². The van der Waals surface area contributed by atoms with E-state index in [1.807, 2.05) is 6.07 Å². The second-order valence-corrected chi connectivity index (χ2v) is 5.51. The lowest BCUT2D eigenvalue weighted by atomic mass is 10.2. The molecule has 2 aromatic carbocycles. The van der Waals surface area contributed by atoms with Crippen LogP contribution in [-0.4, -0.2) is 15.7 Å². The summed E-state index contributed by atoms with van der Waals surface area (Å²) >= 11 is 0. The molecule has 0 aliphatic rings. The van der Waals surface area contributed by atoms with Crippen molar-refractivity contribution in [2.45, 2.75) is 6.92 Å². The second-order valence-electron chi connectivity index (χ2n) is 5.51. The molecule has 0 bridgehead atoms. The molecule has 1 N–H and O–H groups in total. The van der Waals surface area contributed by atoms with Crippen molar-refractivity contribution >= 4 is 11.6 Å². The fraction of sp³-hybridized carbons (Fsp3) is 0.0526. The molecule has 0 spiro atoms. The maximum atomic E-state index is 14.0. The van der Waals surface area contributed by atoms with Crippen molar-refractivity contribution in [1.82, 2.24) is 9.78 Å². The molecule has 0 fully saturated rings. The molecule has 1 aromatic heterocycles. The smallest absolute Gasteiger partial charge is 0.280 e. The van der Waals surface area contributed by atoms with Gasteiger partial charge in [-0.25, -0.2) is 9.07 Å². The van der Waals surface area contributed by atoms with Crippen LogP contribution < -0.4 is 10.7 Å². The standard InChI is InChI=1S/C19H13FN4O2/c1-12-9-17(25)18(23-24(12)16-8-3-2-7-15(16)20)19(26)22-14-6-4-5-13(10-14)11-21/h2-10H,1H3,(H,22,26). The molecule has 0 saturated heterocycles. The Kier molecular flexibility index (Phi) is 4.58. The minimum absolute atomic E-state index is 0.130. The topological polar surface area (TPSA) is 87.8 Å². The van der Waals surface area contributed by atoms with E-state index < -0.39 is 17.2 Å². The van der Waals surface area contributed by atoms with E-state index in [1.54, 1.807) is 31.2 Å². The van der Waals surface area contributed by atoms with Crippen molar-refractivity contribution in [3.8, 4) is 11.8 Å². The third kappa shape index (κ3) is 3.35. The quantitative estimate of drug-likeness (QED) is 0.788. The van der Waals surface area contributed by atoms with Crippen LogP contribution in [0.3, 0.4) is 0 Å². The minimum atomic E-state index is -0.741. The van der Waals surface area contributed by atoms with Crippen LogP contribution in [0, 0.1) is 24.1 Å². The third-order valence-electron chi connectivity index (χ3n) is 3.65. The van der Waals surface area contributed by atoms with Gasteiger partial charge in [0.25, 0.3) is 5.91 Å². The Morgan fingerprint density at radius 2 is 1.96 bits per heavy atom. The average Bonchev–Trinajstić information content (AvgIpc) is 2.63. The molecule has 6 nitrogen and oxygen atoms in total. The van der Waals surface area contributed by atoms with Crippen LogP contribution in [0.25, 0.3) is 5.69 Å². The van der Waals surface area contributed by atoms with Gasteiger partial charge in [-0.05, 0) is 37.3 Å². The van der Waals surface area contributed by atoms with Gasteiger partial charge < -0.3 is 5.32 Å². The summed E-state index contributed by atoms with van der Waals surface area (Å²) in [4.78, 5) is 24.6. The van der Waals surface area contributed by atoms with Crippen LogP contribution >= 0.6 is 0 Å². The fourth-order valence-corrected chi connectivity index (χ4v) is 2.43. The molecule has 1 heterocycles. The van der Waals surface area contributed by atoms with E-state index in [1.165, 1.54) is 35.0 Å². The molecule has 0 radical (unpaired) electrons. The van der Waals surface area contributed by atoms with Crippen LogP contribution in [0.15, 0.2) is 59.4 Å². The maximum Gasteiger partial charge on any atom is 0.280 e. The van der Waals surface area contributed by atoms with Crippen molar-refractivity contribution in [3.05, 3.63) is 87.6 Å². The molecular weight excluding hydrogens is 335 g/mol. The predicted octanol–water partition coefficient (Wildman–Crippen LogP) is 2.80. The van der Waals surface area contributed by atoms with Crippen LogP contribution in [0.5, 0.6) is 0 Å². The molecule has 3 rings (SSSR count). The lowest BCUT2D eigenvalue weighted by Crippen LogP contribution is -2.27. The number of nitrogens with zero attached hydrogens (tertiary/aromatic N) is 3. The number of amides is 1. The van der Waals surface area contributed by atoms with Crippen LogP contribution in [0.1, 0.15) is 21.7 Å². The summed E-state index contributed by atoms with van der Waals surface area (Å²) < 4.78 is 15.3. The highest BCUT2D eigenvalue weighted by Gasteiger charge is 2.17. The Bertz CT molecular complexity index is 1100. The molecule has 0 saturated carbocycles. The van der Waals surface area contributed by atoms with Crippen molar-refractivity contribution < 1.29 is 9.18 Å². The first-order valence-electron chi connectivity index (χ1n) is 7.67. The zero-order valence-electron chi connectivity index (χ0n) is 13.7. The number of nitrogens with one attached hydrogen (secondary N) is 1. The molecule has 0 unspecified atom stereocenters. The first-order valence-corrected chi connectivity index (χ1v) is 7.67. The SMILES string of the molecule is Cc1cc(=O)c(C(=O)Nc2cccc(C#N)c2)nn1-c1ccccc1F. The number of hydrogen-bond acceptors (Lipinski definition) is 4.